The van der Waals surface area contributed by atoms with Crippen LogP contribution in [0.15, 0.2) is 41.3 Å². The van der Waals surface area contributed by atoms with E-state index in [4.69, 9.17) is 9.15 Å². The van der Waals surface area contributed by atoms with Gasteiger partial charge in [0.15, 0.2) is 0 Å². The Kier molecular flexibility index (Phi) is 4.77. The number of likely N-dealkylation sites (tertiary alicyclic amines) is 1. The van der Waals surface area contributed by atoms with Crippen LogP contribution in [0.2, 0.25) is 0 Å². The number of hydrogen-bond acceptors (Lipinski definition) is 6. The fourth-order valence-corrected chi connectivity index (χ4v) is 4.43. The molecule has 0 spiro atoms. The third kappa shape index (κ3) is 4.24. The van der Waals surface area contributed by atoms with Crippen molar-refractivity contribution in [1.29, 1.82) is 0 Å². The zero-order valence-electron chi connectivity index (χ0n) is 14.7. The SMILES string of the molecule is O=C(c1ccoc1)N1CCC(Oc2ccc(NS(=O)(=O)C3CC3)cn2)CC1. The lowest BCUT2D eigenvalue weighted by atomic mass is 10.1. The monoisotopic (exact) mass is 391 g/mol. The van der Waals surface area contributed by atoms with Gasteiger partial charge in [-0.25, -0.2) is 13.4 Å². The number of furan rings is 1. The van der Waals surface area contributed by atoms with E-state index in [1.54, 1.807) is 23.1 Å². The maximum atomic E-state index is 12.3. The molecule has 0 atom stereocenters. The van der Waals surface area contributed by atoms with Crippen molar-refractivity contribution in [3.8, 4) is 5.88 Å². The Bertz CT molecular complexity index is 884. The van der Waals surface area contributed by atoms with Crippen LogP contribution in [-0.4, -0.2) is 48.7 Å². The second kappa shape index (κ2) is 7.22. The zero-order chi connectivity index (χ0) is 18.9. The molecule has 2 aromatic heterocycles. The lowest BCUT2D eigenvalue weighted by Gasteiger charge is -2.31. The molecular weight excluding hydrogens is 370 g/mol. The number of hydrogen-bond donors (Lipinski definition) is 1. The molecule has 4 rings (SSSR count). The number of pyridine rings is 1. The Labute approximate surface area is 157 Å². The molecule has 0 bridgehead atoms. The standard InChI is InChI=1S/C18H21N3O5S/c22-18(13-7-10-25-12-13)21-8-5-15(6-9-21)26-17-4-1-14(11-19-17)20-27(23,24)16-2-3-16/h1,4,7,10-12,15-16,20H,2-3,5-6,8-9H2. The first-order valence-corrected chi connectivity index (χ1v) is 10.5. The summed E-state index contributed by atoms with van der Waals surface area (Å²) in [5.74, 6) is 0.414. The molecule has 0 radical (unpaired) electrons. The molecule has 9 heteroatoms. The molecule has 27 heavy (non-hydrogen) atoms. The van der Waals surface area contributed by atoms with E-state index in [1.165, 1.54) is 18.7 Å². The first-order valence-electron chi connectivity index (χ1n) is 8.97. The Morgan fingerprint density at radius 3 is 2.56 bits per heavy atom. The molecule has 2 aromatic rings. The summed E-state index contributed by atoms with van der Waals surface area (Å²) in [4.78, 5) is 18.3. The summed E-state index contributed by atoms with van der Waals surface area (Å²) in [7, 11) is -3.29. The van der Waals surface area contributed by atoms with Gasteiger partial charge in [-0.05, 0) is 25.0 Å². The van der Waals surface area contributed by atoms with Crippen LogP contribution in [0.3, 0.4) is 0 Å². The summed E-state index contributed by atoms with van der Waals surface area (Å²) in [5.41, 5.74) is 0.995. The average Bonchev–Trinajstić information content (AvgIpc) is 3.40. The highest BCUT2D eigenvalue weighted by Gasteiger charge is 2.35. The minimum atomic E-state index is -3.29. The lowest BCUT2D eigenvalue weighted by Crippen LogP contribution is -2.41. The van der Waals surface area contributed by atoms with Crippen LogP contribution < -0.4 is 9.46 Å². The Morgan fingerprint density at radius 1 is 1.19 bits per heavy atom. The van der Waals surface area contributed by atoms with Crippen molar-refractivity contribution in [2.75, 3.05) is 17.8 Å². The number of nitrogens with one attached hydrogen (secondary N) is 1. The van der Waals surface area contributed by atoms with Gasteiger partial charge in [-0.3, -0.25) is 9.52 Å². The van der Waals surface area contributed by atoms with Crippen LogP contribution >= 0.6 is 0 Å². The highest BCUT2D eigenvalue weighted by molar-refractivity contribution is 7.93. The Morgan fingerprint density at radius 2 is 1.96 bits per heavy atom. The molecule has 1 amide bonds. The van der Waals surface area contributed by atoms with E-state index in [0.29, 0.717) is 55.9 Å². The van der Waals surface area contributed by atoms with Crippen molar-refractivity contribution >= 4 is 21.6 Å². The molecule has 1 aliphatic carbocycles. The molecular formula is C18H21N3O5S. The smallest absolute Gasteiger partial charge is 0.257 e. The first-order chi connectivity index (χ1) is 13.0. The summed E-state index contributed by atoms with van der Waals surface area (Å²) >= 11 is 0. The molecule has 2 aliphatic rings. The van der Waals surface area contributed by atoms with E-state index in [0.717, 1.165) is 0 Å². The maximum Gasteiger partial charge on any atom is 0.257 e. The summed E-state index contributed by atoms with van der Waals surface area (Å²) in [6, 6.07) is 4.97. The second-order valence-electron chi connectivity index (χ2n) is 6.85. The van der Waals surface area contributed by atoms with Gasteiger partial charge in [0.1, 0.15) is 12.4 Å². The Hall–Kier alpha value is -2.55. The van der Waals surface area contributed by atoms with Crippen molar-refractivity contribution in [2.45, 2.75) is 37.0 Å². The van der Waals surface area contributed by atoms with E-state index in [1.807, 2.05) is 0 Å². The molecule has 0 aromatic carbocycles. The van der Waals surface area contributed by atoms with Crippen LogP contribution in [0, 0.1) is 0 Å². The third-order valence-electron chi connectivity index (χ3n) is 4.74. The van der Waals surface area contributed by atoms with Gasteiger partial charge >= 0.3 is 0 Å². The number of nitrogens with zero attached hydrogens (tertiary/aromatic N) is 2. The number of carbonyl (C=O) groups is 1. The summed E-state index contributed by atoms with van der Waals surface area (Å²) < 4.78 is 37.2. The first kappa shape index (κ1) is 17.8. The Balaban J connectivity index is 1.28. The van der Waals surface area contributed by atoms with Crippen molar-refractivity contribution in [3.63, 3.8) is 0 Å². The van der Waals surface area contributed by atoms with Crippen molar-refractivity contribution in [3.05, 3.63) is 42.5 Å². The van der Waals surface area contributed by atoms with Crippen LogP contribution in [0.5, 0.6) is 5.88 Å². The summed E-state index contributed by atoms with van der Waals surface area (Å²) in [6.07, 6.45) is 7.23. The number of piperidine rings is 1. The molecule has 1 N–H and O–H groups in total. The molecule has 2 fully saturated rings. The molecule has 3 heterocycles. The van der Waals surface area contributed by atoms with Gasteiger partial charge in [-0.2, -0.15) is 0 Å². The molecule has 144 valence electrons. The van der Waals surface area contributed by atoms with E-state index < -0.39 is 10.0 Å². The summed E-state index contributed by atoms with van der Waals surface area (Å²) in [6.45, 7) is 1.21. The number of sulfonamides is 1. The third-order valence-corrected chi connectivity index (χ3v) is 6.61. The van der Waals surface area contributed by atoms with Gasteiger partial charge in [0, 0.05) is 32.0 Å². The van der Waals surface area contributed by atoms with Gasteiger partial charge in [-0.1, -0.05) is 0 Å². The van der Waals surface area contributed by atoms with Crippen molar-refractivity contribution in [2.24, 2.45) is 0 Å². The molecule has 1 aliphatic heterocycles. The minimum Gasteiger partial charge on any atom is -0.474 e. The number of rotatable bonds is 6. The lowest BCUT2D eigenvalue weighted by molar-refractivity contribution is 0.0587. The topological polar surface area (TPSA) is 102 Å². The quantitative estimate of drug-likeness (QED) is 0.810. The van der Waals surface area contributed by atoms with Crippen molar-refractivity contribution in [1.82, 2.24) is 9.88 Å². The second-order valence-corrected chi connectivity index (χ2v) is 8.81. The van der Waals surface area contributed by atoms with Gasteiger partial charge in [0.05, 0.1) is 29.0 Å². The molecule has 1 saturated heterocycles. The van der Waals surface area contributed by atoms with E-state index in [2.05, 4.69) is 9.71 Å². The summed E-state index contributed by atoms with van der Waals surface area (Å²) in [5, 5.41) is -0.275. The number of amides is 1. The highest BCUT2D eigenvalue weighted by atomic mass is 32.2. The number of ether oxygens (including phenoxy) is 1. The molecule has 1 saturated carbocycles. The molecule has 0 unspecified atom stereocenters. The van der Waals surface area contributed by atoms with E-state index >= 15 is 0 Å². The van der Waals surface area contributed by atoms with Crippen molar-refractivity contribution < 1.29 is 22.4 Å². The van der Waals surface area contributed by atoms with E-state index in [9.17, 15) is 13.2 Å². The largest absolute Gasteiger partial charge is 0.474 e. The predicted octanol–water partition coefficient (Wildman–Crippen LogP) is 2.26. The van der Waals surface area contributed by atoms with Gasteiger partial charge in [0.2, 0.25) is 15.9 Å². The highest BCUT2D eigenvalue weighted by Crippen LogP contribution is 2.30. The van der Waals surface area contributed by atoms with Crippen LogP contribution in [0.1, 0.15) is 36.0 Å². The van der Waals surface area contributed by atoms with E-state index in [-0.39, 0.29) is 17.3 Å². The normalized spacial score (nSPS) is 18.3. The minimum absolute atomic E-state index is 0.0279. The number of carbonyl (C=O) groups excluding carboxylic acids is 1. The van der Waals surface area contributed by atoms with Crippen LogP contribution in [-0.2, 0) is 10.0 Å². The molecule has 8 nitrogen and oxygen atoms in total. The van der Waals surface area contributed by atoms with Gasteiger partial charge < -0.3 is 14.1 Å². The fraction of sp³-hybridized carbons (Fsp3) is 0.444. The fourth-order valence-electron chi connectivity index (χ4n) is 3.05. The van der Waals surface area contributed by atoms with Gasteiger partial charge in [-0.15, -0.1) is 0 Å². The zero-order valence-corrected chi connectivity index (χ0v) is 15.5. The maximum absolute atomic E-state index is 12.3. The average molecular weight is 391 g/mol. The van der Waals surface area contributed by atoms with Crippen LogP contribution in [0.25, 0.3) is 0 Å². The predicted molar refractivity (Wildman–Crippen MR) is 98.1 cm³/mol. The van der Waals surface area contributed by atoms with Gasteiger partial charge in [0.25, 0.3) is 5.91 Å². The number of anilines is 1. The van der Waals surface area contributed by atoms with Crippen LogP contribution in [0.4, 0.5) is 5.69 Å². The number of aromatic nitrogens is 1.